The van der Waals surface area contributed by atoms with Crippen LogP contribution in [0.1, 0.15) is 26.9 Å². The summed E-state index contributed by atoms with van der Waals surface area (Å²) in [6.45, 7) is 1.66. The highest BCUT2D eigenvalue weighted by atomic mass is 32.2. The number of hydrogen-bond acceptors (Lipinski definition) is 5. The molecule has 1 aliphatic rings. The molecule has 1 atom stereocenters. The summed E-state index contributed by atoms with van der Waals surface area (Å²) in [5.74, 6) is 0.547. The van der Waals surface area contributed by atoms with Gasteiger partial charge in [-0.15, -0.1) is 11.8 Å². The Labute approximate surface area is 195 Å². The number of carbonyl (C=O) groups is 2. The summed E-state index contributed by atoms with van der Waals surface area (Å²) in [7, 11) is 3.04. The first kappa shape index (κ1) is 22.7. The lowest BCUT2D eigenvalue weighted by molar-refractivity contribution is -0.115. The zero-order valence-corrected chi connectivity index (χ0v) is 19.2. The average molecular weight is 467 g/mol. The van der Waals surface area contributed by atoms with Crippen LogP contribution >= 0.6 is 11.8 Å². The Bertz CT molecular complexity index is 1190. The van der Waals surface area contributed by atoms with Crippen LogP contribution in [-0.4, -0.2) is 31.8 Å². The summed E-state index contributed by atoms with van der Waals surface area (Å²) in [6.07, 6.45) is 0. The van der Waals surface area contributed by atoms with E-state index in [2.05, 4.69) is 5.32 Å². The molecule has 0 aromatic heterocycles. The van der Waals surface area contributed by atoms with Gasteiger partial charge in [-0.1, -0.05) is 18.2 Å². The quantitative estimate of drug-likeness (QED) is 0.542. The first-order valence-corrected chi connectivity index (χ1v) is 11.3. The van der Waals surface area contributed by atoms with Crippen molar-refractivity contribution in [1.29, 1.82) is 0 Å². The number of carbonyl (C=O) groups excluding carboxylic acids is 2. The van der Waals surface area contributed by atoms with Crippen molar-refractivity contribution in [2.24, 2.45) is 0 Å². The van der Waals surface area contributed by atoms with E-state index in [1.54, 1.807) is 48.2 Å². The first-order valence-electron chi connectivity index (χ1n) is 10.2. The van der Waals surface area contributed by atoms with Crippen molar-refractivity contribution in [1.82, 2.24) is 0 Å². The minimum Gasteiger partial charge on any atom is -0.497 e. The molecule has 1 heterocycles. The number of methoxy groups -OCH3 is 2. The number of nitrogens with one attached hydrogen (secondary N) is 1. The number of anilines is 2. The van der Waals surface area contributed by atoms with Crippen molar-refractivity contribution in [2.45, 2.75) is 12.3 Å². The summed E-state index contributed by atoms with van der Waals surface area (Å²) >= 11 is 1.46. The monoisotopic (exact) mass is 466 g/mol. The van der Waals surface area contributed by atoms with Gasteiger partial charge in [-0.05, 0) is 48.9 Å². The molecule has 0 aliphatic carbocycles. The average Bonchev–Trinajstić information content (AvgIpc) is 3.21. The van der Waals surface area contributed by atoms with E-state index in [0.717, 1.165) is 5.56 Å². The Kier molecular flexibility index (Phi) is 6.55. The van der Waals surface area contributed by atoms with Gasteiger partial charge in [0.2, 0.25) is 5.91 Å². The molecule has 0 unspecified atom stereocenters. The van der Waals surface area contributed by atoms with Crippen LogP contribution in [0.3, 0.4) is 0 Å². The summed E-state index contributed by atoms with van der Waals surface area (Å²) in [5, 5.41) is 2.56. The van der Waals surface area contributed by atoms with Gasteiger partial charge in [0, 0.05) is 22.9 Å². The van der Waals surface area contributed by atoms with Gasteiger partial charge in [-0.25, -0.2) is 4.39 Å². The third kappa shape index (κ3) is 4.66. The molecule has 0 radical (unpaired) electrons. The van der Waals surface area contributed by atoms with Gasteiger partial charge < -0.3 is 14.8 Å². The molecular formula is C25H23FN2O4S. The largest absolute Gasteiger partial charge is 0.497 e. The predicted molar refractivity (Wildman–Crippen MR) is 128 cm³/mol. The van der Waals surface area contributed by atoms with Gasteiger partial charge in [0.25, 0.3) is 5.91 Å². The van der Waals surface area contributed by atoms with Gasteiger partial charge in [-0.3, -0.25) is 14.5 Å². The zero-order valence-electron chi connectivity index (χ0n) is 18.4. The number of ether oxygens (including phenoxy) is 2. The van der Waals surface area contributed by atoms with E-state index in [4.69, 9.17) is 9.47 Å². The molecule has 33 heavy (non-hydrogen) atoms. The molecule has 3 aromatic carbocycles. The van der Waals surface area contributed by atoms with E-state index in [0.29, 0.717) is 39.8 Å². The fourth-order valence-corrected chi connectivity index (χ4v) is 4.86. The van der Waals surface area contributed by atoms with Crippen LogP contribution in [0.15, 0.2) is 60.7 Å². The van der Waals surface area contributed by atoms with Crippen molar-refractivity contribution in [3.05, 3.63) is 83.2 Å². The molecule has 0 bridgehead atoms. The minimum absolute atomic E-state index is 0.0865. The molecule has 1 fully saturated rings. The molecule has 0 saturated carbocycles. The second kappa shape index (κ2) is 9.54. The van der Waals surface area contributed by atoms with Gasteiger partial charge in [0.1, 0.15) is 22.7 Å². The fourth-order valence-electron chi connectivity index (χ4n) is 3.70. The second-order valence-electron chi connectivity index (χ2n) is 7.49. The Morgan fingerprint density at radius 3 is 2.45 bits per heavy atom. The number of rotatable bonds is 6. The third-order valence-corrected chi connectivity index (χ3v) is 6.62. The van der Waals surface area contributed by atoms with Crippen LogP contribution in [0.2, 0.25) is 0 Å². The van der Waals surface area contributed by atoms with Gasteiger partial charge >= 0.3 is 0 Å². The molecule has 3 aromatic rings. The lowest BCUT2D eigenvalue weighted by Gasteiger charge is -2.26. The summed E-state index contributed by atoms with van der Waals surface area (Å²) in [5.41, 5.74) is 2.77. The van der Waals surface area contributed by atoms with Gasteiger partial charge in [-0.2, -0.15) is 0 Å². The topological polar surface area (TPSA) is 67.9 Å². The third-order valence-electron chi connectivity index (χ3n) is 5.41. The van der Waals surface area contributed by atoms with Gasteiger partial charge in [0.15, 0.2) is 0 Å². The predicted octanol–water partition coefficient (Wildman–Crippen LogP) is 5.18. The Balaban J connectivity index is 1.61. The van der Waals surface area contributed by atoms with E-state index in [9.17, 15) is 14.0 Å². The van der Waals surface area contributed by atoms with Gasteiger partial charge in [0.05, 0.1) is 25.7 Å². The maximum atomic E-state index is 14.2. The summed E-state index contributed by atoms with van der Waals surface area (Å²) in [4.78, 5) is 27.2. The smallest absolute Gasteiger partial charge is 0.255 e. The standard InChI is InChI=1S/C25H23FN2O4S/c1-15-21(26)8-5-9-22(15)28-23(29)14-33-25(28)16-6-4-7-18(10-16)27-24(30)17-11-19(31-2)13-20(12-17)32-3/h4-13,25H,14H2,1-3H3,(H,27,30)/t25-/m0/s1. The molecule has 1 N–H and O–H groups in total. The molecule has 0 spiro atoms. The van der Waals surface area contributed by atoms with Crippen molar-refractivity contribution in [2.75, 3.05) is 30.2 Å². The highest BCUT2D eigenvalue weighted by Crippen LogP contribution is 2.43. The number of amides is 2. The molecule has 1 aliphatic heterocycles. The lowest BCUT2D eigenvalue weighted by Crippen LogP contribution is -2.28. The second-order valence-corrected chi connectivity index (χ2v) is 8.56. The van der Waals surface area contributed by atoms with Crippen LogP contribution in [0.25, 0.3) is 0 Å². The highest BCUT2D eigenvalue weighted by Gasteiger charge is 2.35. The van der Waals surface area contributed by atoms with Crippen molar-refractivity contribution >= 4 is 35.0 Å². The zero-order chi connectivity index (χ0) is 23.5. The Morgan fingerprint density at radius 2 is 1.76 bits per heavy atom. The molecule has 4 rings (SSSR count). The highest BCUT2D eigenvalue weighted by molar-refractivity contribution is 8.00. The van der Waals surface area contributed by atoms with E-state index in [-0.39, 0.29) is 23.0 Å². The summed E-state index contributed by atoms with van der Waals surface area (Å²) < 4.78 is 24.6. The summed E-state index contributed by atoms with van der Waals surface area (Å²) in [6, 6.07) is 17.0. The SMILES string of the molecule is COc1cc(OC)cc(C(=O)Nc2cccc([C@@H]3SCC(=O)N3c3cccc(F)c3C)c2)c1. The fraction of sp³-hybridized carbons (Fsp3) is 0.200. The molecule has 1 saturated heterocycles. The van der Waals surface area contributed by atoms with E-state index >= 15 is 0 Å². The van der Waals surface area contributed by atoms with Crippen molar-refractivity contribution < 1.29 is 23.5 Å². The van der Waals surface area contributed by atoms with E-state index < -0.39 is 0 Å². The molecule has 170 valence electrons. The first-order chi connectivity index (χ1) is 15.9. The number of thioether (sulfide) groups is 1. The maximum absolute atomic E-state index is 14.2. The number of hydrogen-bond donors (Lipinski definition) is 1. The van der Waals surface area contributed by atoms with Crippen molar-refractivity contribution in [3.8, 4) is 11.5 Å². The molecular weight excluding hydrogens is 443 g/mol. The molecule has 2 amide bonds. The number of benzene rings is 3. The Hall–Kier alpha value is -3.52. The number of nitrogens with zero attached hydrogens (tertiary/aromatic N) is 1. The van der Waals surface area contributed by atoms with Crippen LogP contribution < -0.4 is 19.7 Å². The van der Waals surface area contributed by atoms with Crippen molar-refractivity contribution in [3.63, 3.8) is 0 Å². The minimum atomic E-state index is -0.356. The molecule has 6 nitrogen and oxygen atoms in total. The van der Waals surface area contributed by atoms with Crippen LogP contribution in [0, 0.1) is 12.7 Å². The Morgan fingerprint density at radius 1 is 1.06 bits per heavy atom. The van der Waals surface area contributed by atoms with Crippen LogP contribution in [-0.2, 0) is 4.79 Å². The lowest BCUT2D eigenvalue weighted by atomic mass is 10.1. The maximum Gasteiger partial charge on any atom is 0.255 e. The molecule has 8 heteroatoms. The normalized spacial score (nSPS) is 15.5. The van der Waals surface area contributed by atoms with E-state index in [1.165, 1.54) is 32.0 Å². The van der Waals surface area contributed by atoms with Crippen LogP contribution in [0.4, 0.5) is 15.8 Å². The van der Waals surface area contributed by atoms with E-state index in [1.807, 2.05) is 18.2 Å². The van der Waals surface area contributed by atoms with Crippen LogP contribution in [0.5, 0.6) is 11.5 Å². The number of halogens is 1.